The van der Waals surface area contributed by atoms with Gasteiger partial charge in [0.25, 0.3) is 5.91 Å². The molecule has 0 radical (unpaired) electrons. The van der Waals surface area contributed by atoms with Gasteiger partial charge in [-0.3, -0.25) is 9.79 Å². The summed E-state index contributed by atoms with van der Waals surface area (Å²) in [6.45, 7) is 3.26. The first-order chi connectivity index (χ1) is 19.9. The number of rotatable bonds is 9. The Balaban J connectivity index is 1.54. The zero-order valence-electron chi connectivity index (χ0n) is 23.3. The number of hydrogen-bond acceptors (Lipinski definition) is 6. The number of aliphatic imine (C=N–C) groups is 1. The number of hydrogen-bond donors (Lipinski definition) is 2. The van der Waals surface area contributed by atoms with Gasteiger partial charge in [-0.25, -0.2) is 14.4 Å². The van der Waals surface area contributed by atoms with Crippen molar-refractivity contribution in [2.75, 3.05) is 30.9 Å². The largest absolute Gasteiger partial charge is 0.374 e. The monoisotopic (exact) mass is 570 g/mol. The van der Waals surface area contributed by atoms with E-state index in [0.29, 0.717) is 39.1 Å². The normalized spacial score (nSPS) is 12.1. The number of carbonyl (C=O) groups is 1. The average molecular weight is 571 g/mol. The third-order valence-corrected chi connectivity index (χ3v) is 7.37. The fraction of sp³-hybridized carbons (Fsp3) is 0.250. The minimum atomic E-state index is -0.339. The van der Waals surface area contributed by atoms with E-state index in [2.05, 4.69) is 27.4 Å². The van der Waals surface area contributed by atoms with Crippen molar-refractivity contribution in [3.8, 4) is 11.3 Å². The molecule has 2 N–H and O–H groups in total. The maximum atomic E-state index is 15.6. The van der Waals surface area contributed by atoms with Crippen molar-refractivity contribution in [2.45, 2.75) is 32.7 Å². The second-order valence-corrected chi connectivity index (χ2v) is 10.4. The minimum absolute atomic E-state index is 0.158. The standard InChI is InChI=1S/C32H32ClFN6O/c1-4-5-6-16-40(3)27-9-7-8-26(34)28(27)30-25-17-22(33)12-15-24(25)29-21(18-36-30)19-37-32(39-29)38-23-13-10-20(11-14-23)31(41)35-2/h7-15,17,19H,4-6,16,18H2,1-3H3,(H,35,41)(H,37,38,39). The predicted molar refractivity (Wildman–Crippen MR) is 164 cm³/mol. The summed E-state index contributed by atoms with van der Waals surface area (Å²) in [6.07, 6.45) is 4.98. The first kappa shape index (κ1) is 28.2. The molecule has 0 saturated carbocycles. The van der Waals surface area contributed by atoms with Gasteiger partial charge in [0.2, 0.25) is 5.95 Å². The summed E-state index contributed by atoms with van der Waals surface area (Å²) in [5.74, 6) is -0.105. The van der Waals surface area contributed by atoms with Gasteiger partial charge in [0.15, 0.2) is 0 Å². The van der Waals surface area contributed by atoms with Crippen LogP contribution in [0.5, 0.6) is 0 Å². The number of amides is 1. The van der Waals surface area contributed by atoms with Crippen LogP contribution in [0.25, 0.3) is 11.3 Å². The van der Waals surface area contributed by atoms with Crippen molar-refractivity contribution in [3.63, 3.8) is 0 Å². The quantitative estimate of drug-likeness (QED) is 0.211. The number of carbonyl (C=O) groups excluding carboxylic acids is 1. The van der Waals surface area contributed by atoms with E-state index < -0.39 is 0 Å². The molecular weight excluding hydrogens is 539 g/mol. The predicted octanol–water partition coefficient (Wildman–Crippen LogP) is 7.02. The van der Waals surface area contributed by atoms with Crippen molar-refractivity contribution >= 4 is 40.5 Å². The number of aromatic nitrogens is 2. The van der Waals surface area contributed by atoms with Gasteiger partial charge in [0, 0.05) is 65.5 Å². The first-order valence-corrected chi connectivity index (χ1v) is 14.1. The van der Waals surface area contributed by atoms with Crippen molar-refractivity contribution in [2.24, 2.45) is 4.99 Å². The third kappa shape index (κ3) is 6.07. The number of anilines is 3. The van der Waals surface area contributed by atoms with Gasteiger partial charge in [-0.15, -0.1) is 0 Å². The number of fused-ring (bicyclic) bond motifs is 3. The van der Waals surface area contributed by atoms with Crippen LogP contribution in [0.4, 0.5) is 21.7 Å². The number of nitrogens with one attached hydrogen (secondary N) is 2. The lowest BCUT2D eigenvalue weighted by Gasteiger charge is -2.24. The number of nitrogens with zero attached hydrogens (tertiary/aromatic N) is 4. The smallest absolute Gasteiger partial charge is 0.251 e. The van der Waals surface area contributed by atoms with Crippen LogP contribution in [-0.4, -0.2) is 42.2 Å². The topological polar surface area (TPSA) is 82.5 Å². The van der Waals surface area contributed by atoms with E-state index in [1.807, 2.05) is 25.2 Å². The average Bonchev–Trinajstić information content (AvgIpc) is 3.13. The van der Waals surface area contributed by atoms with Gasteiger partial charge in [0.05, 0.1) is 23.5 Å². The second kappa shape index (κ2) is 12.5. The van der Waals surface area contributed by atoms with Gasteiger partial charge < -0.3 is 15.5 Å². The van der Waals surface area contributed by atoms with E-state index in [-0.39, 0.29) is 18.3 Å². The molecule has 0 atom stereocenters. The van der Waals surface area contributed by atoms with Gasteiger partial charge in [-0.2, -0.15) is 0 Å². The molecule has 0 saturated heterocycles. The summed E-state index contributed by atoms with van der Waals surface area (Å²) in [6, 6.07) is 17.7. The number of halogens is 2. The van der Waals surface area contributed by atoms with Crippen LogP contribution in [0.1, 0.15) is 53.2 Å². The summed E-state index contributed by atoms with van der Waals surface area (Å²) in [5.41, 5.74) is 6.09. The molecule has 1 amide bonds. The van der Waals surface area contributed by atoms with Gasteiger partial charge >= 0.3 is 0 Å². The van der Waals surface area contributed by atoms with Crippen molar-refractivity contribution in [1.29, 1.82) is 0 Å². The van der Waals surface area contributed by atoms with E-state index in [4.69, 9.17) is 21.6 Å². The van der Waals surface area contributed by atoms with Crippen molar-refractivity contribution < 1.29 is 9.18 Å². The van der Waals surface area contributed by atoms with Gasteiger partial charge in [-0.1, -0.05) is 43.5 Å². The van der Waals surface area contributed by atoms with E-state index in [0.717, 1.165) is 48.3 Å². The lowest BCUT2D eigenvalue weighted by molar-refractivity contribution is 0.0963. The summed E-state index contributed by atoms with van der Waals surface area (Å²) >= 11 is 6.49. The Bertz CT molecular complexity index is 1600. The zero-order valence-corrected chi connectivity index (χ0v) is 24.1. The molecular formula is C32H32ClFN6O. The van der Waals surface area contributed by atoms with Crippen LogP contribution >= 0.6 is 11.6 Å². The van der Waals surface area contributed by atoms with Crippen LogP contribution in [-0.2, 0) is 6.54 Å². The molecule has 41 heavy (non-hydrogen) atoms. The Morgan fingerprint density at radius 1 is 1.07 bits per heavy atom. The summed E-state index contributed by atoms with van der Waals surface area (Å²) in [5, 5.41) is 6.36. The molecule has 1 aliphatic rings. The fourth-order valence-electron chi connectivity index (χ4n) is 4.96. The molecule has 210 valence electrons. The minimum Gasteiger partial charge on any atom is -0.374 e. The molecule has 0 bridgehead atoms. The molecule has 4 aromatic rings. The molecule has 7 nitrogen and oxygen atoms in total. The molecule has 0 aliphatic carbocycles. The molecule has 9 heteroatoms. The number of unbranched alkanes of at least 4 members (excludes halogenated alkanes) is 2. The maximum Gasteiger partial charge on any atom is 0.251 e. The van der Waals surface area contributed by atoms with Crippen molar-refractivity contribution in [1.82, 2.24) is 15.3 Å². The Morgan fingerprint density at radius 3 is 2.63 bits per heavy atom. The highest BCUT2D eigenvalue weighted by Crippen LogP contribution is 2.36. The summed E-state index contributed by atoms with van der Waals surface area (Å²) < 4.78 is 15.6. The summed E-state index contributed by atoms with van der Waals surface area (Å²) in [7, 11) is 3.58. The van der Waals surface area contributed by atoms with Crippen LogP contribution < -0.4 is 15.5 Å². The SMILES string of the molecule is CCCCCN(C)c1cccc(F)c1C1=NCc2cnc(Nc3ccc(C(=O)NC)cc3)nc2-c2ccc(Cl)cc21. The molecule has 1 aromatic heterocycles. The van der Waals surface area contributed by atoms with Gasteiger partial charge in [-0.05, 0) is 55.0 Å². The van der Waals surface area contributed by atoms with Crippen LogP contribution in [0, 0.1) is 5.82 Å². The molecule has 2 heterocycles. The highest BCUT2D eigenvalue weighted by atomic mass is 35.5. The highest BCUT2D eigenvalue weighted by Gasteiger charge is 2.26. The highest BCUT2D eigenvalue weighted by molar-refractivity contribution is 6.32. The van der Waals surface area contributed by atoms with E-state index in [9.17, 15) is 4.79 Å². The number of benzene rings is 3. The molecule has 5 rings (SSSR count). The molecule has 3 aromatic carbocycles. The van der Waals surface area contributed by atoms with Crippen molar-refractivity contribution in [3.05, 3.63) is 100.0 Å². The zero-order chi connectivity index (χ0) is 28.9. The van der Waals surface area contributed by atoms with Gasteiger partial charge in [0.1, 0.15) is 5.82 Å². The van der Waals surface area contributed by atoms with E-state index >= 15 is 4.39 Å². The molecule has 0 unspecified atom stereocenters. The Kier molecular flexibility index (Phi) is 8.59. The lowest BCUT2D eigenvalue weighted by Crippen LogP contribution is -2.22. The van der Waals surface area contributed by atoms with Crippen LogP contribution in [0.3, 0.4) is 0 Å². The maximum absolute atomic E-state index is 15.6. The third-order valence-electron chi connectivity index (χ3n) is 7.13. The molecule has 0 spiro atoms. The second-order valence-electron chi connectivity index (χ2n) is 9.97. The molecule has 0 fully saturated rings. The first-order valence-electron chi connectivity index (χ1n) is 13.7. The Morgan fingerprint density at radius 2 is 1.88 bits per heavy atom. The Hall–Kier alpha value is -4.30. The molecule has 1 aliphatic heterocycles. The summed E-state index contributed by atoms with van der Waals surface area (Å²) in [4.78, 5) is 28.3. The van der Waals surface area contributed by atoms with E-state index in [1.165, 1.54) is 6.07 Å². The van der Waals surface area contributed by atoms with Crippen LogP contribution in [0.2, 0.25) is 5.02 Å². The van der Waals surface area contributed by atoms with E-state index in [1.54, 1.807) is 49.6 Å². The Labute approximate surface area is 244 Å². The fourth-order valence-corrected chi connectivity index (χ4v) is 5.13. The van der Waals surface area contributed by atoms with Crippen LogP contribution in [0.15, 0.2) is 71.9 Å². The lowest BCUT2D eigenvalue weighted by atomic mass is 9.94.